The molecule has 0 amide bonds. The van der Waals surface area contributed by atoms with Crippen molar-refractivity contribution in [2.45, 2.75) is 10.4 Å². The highest BCUT2D eigenvalue weighted by atomic mass is 32.2. The minimum atomic E-state index is -6.09. The maximum absolute atomic E-state index is 10.9. The number of nitrogens with zero attached hydrogens (tertiary/aromatic N) is 1. The lowest BCUT2D eigenvalue weighted by molar-refractivity contribution is -0.383. The number of nitro benzene ring substituents is 1. The summed E-state index contributed by atoms with van der Waals surface area (Å²) in [5.74, 6) is 0.129. The lowest BCUT2D eigenvalue weighted by Gasteiger charge is -2.08. The van der Waals surface area contributed by atoms with E-state index in [0.29, 0.717) is 5.39 Å². The van der Waals surface area contributed by atoms with Crippen LogP contribution in [0.5, 0.6) is 5.75 Å². The van der Waals surface area contributed by atoms with Gasteiger partial charge in [-0.05, 0) is 18.2 Å². The quantitative estimate of drug-likeness (QED) is 0.273. The van der Waals surface area contributed by atoms with Crippen molar-refractivity contribution in [2.24, 2.45) is 0 Å². The number of hydrogen-bond donors (Lipinski definition) is 1. The van der Waals surface area contributed by atoms with E-state index in [1.807, 2.05) is 12.5 Å². The Morgan fingerprint density at radius 1 is 1.12 bits per heavy atom. The first-order chi connectivity index (χ1) is 11.3. The molecular formula is C13H12F3NO6S2. The molecule has 0 radical (unpaired) electrons. The van der Waals surface area contributed by atoms with Gasteiger partial charge in [0.15, 0.2) is 15.0 Å². The lowest BCUT2D eigenvalue weighted by Crippen LogP contribution is -2.21. The summed E-state index contributed by atoms with van der Waals surface area (Å²) in [7, 11) is -6.11. The van der Waals surface area contributed by atoms with Gasteiger partial charge in [0.2, 0.25) is 0 Å². The fraction of sp³-hybridized carbons (Fsp3) is 0.231. The molecule has 0 bridgehead atoms. The number of rotatable bonds is 2. The summed E-state index contributed by atoms with van der Waals surface area (Å²) in [5.41, 5.74) is -5.57. The number of non-ortho nitro benzene ring substituents is 1. The van der Waals surface area contributed by atoms with E-state index in [1.165, 1.54) is 12.1 Å². The molecule has 2 rings (SSSR count). The number of phenols is 1. The Morgan fingerprint density at radius 2 is 1.64 bits per heavy atom. The minimum absolute atomic E-state index is 0.0170. The van der Waals surface area contributed by atoms with Gasteiger partial charge < -0.3 is 9.66 Å². The van der Waals surface area contributed by atoms with E-state index < -0.39 is 20.5 Å². The van der Waals surface area contributed by atoms with Gasteiger partial charge in [-0.25, -0.2) is 8.42 Å². The van der Waals surface area contributed by atoms with Crippen LogP contribution in [-0.2, 0) is 21.0 Å². The molecule has 0 spiro atoms. The molecule has 7 nitrogen and oxygen atoms in total. The van der Waals surface area contributed by atoms with Crippen LogP contribution in [0.1, 0.15) is 0 Å². The van der Waals surface area contributed by atoms with Crippen LogP contribution < -0.4 is 0 Å². The minimum Gasteiger partial charge on any atom is -0.741 e. The Kier molecular flexibility index (Phi) is 6.26. The van der Waals surface area contributed by atoms with Crippen LogP contribution >= 0.6 is 0 Å². The lowest BCUT2D eigenvalue weighted by atomic mass is 10.1. The second kappa shape index (κ2) is 7.45. The maximum Gasteiger partial charge on any atom is 0.485 e. The van der Waals surface area contributed by atoms with Crippen LogP contribution in [0.4, 0.5) is 18.9 Å². The molecule has 0 saturated heterocycles. The number of aromatic hydroxyl groups is 1. The number of halogens is 3. The zero-order valence-electron chi connectivity index (χ0n) is 12.8. The summed E-state index contributed by atoms with van der Waals surface area (Å²) in [6.45, 7) is 0. The van der Waals surface area contributed by atoms with E-state index in [4.69, 9.17) is 13.0 Å². The summed E-state index contributed by atoms with van der Waals surface area (Å²) < 4.78 is 58.9. The Morgan fingerprint density at radius 3 is 2.04 bits per heavy atom. The Labute approximate surface area is 143 Å². The van der Waals surface area contributed by atoms with Gasteiger partial charge in [0, 0.05) is 28.4 Å². The molecule has 0 aromatic heterocycles. The number of hydrogen-bond acceptors (Lipinski definition) is 6. The molecule has 12 heteroatoms. The van der Waals surface area contributed by atoms with E-state index in [2.05, 4.69) is 0 Å². The van der Waals surface area contributed by atoms with E-state index in [9.17, 15) is 28.4 Å². The summed E-state index contributed by atoms with van der Waals surface area (Å²) >= 11 is 0. The average Bonchev–Trinajstić information content (AvgIpc) is 2.43. The number of fused-ring (bicyclic) bond motifs is 1. The van der Waals surface area contributed by atoms with Gasteiger partial charge in [-0.2, -0.15) is 13.2 Å². The van der Waals surface area contributed by atoms with Gasteiger partial charge in [-0.3, -0.25) is 10.1 Å². The molecule has 25 heavy (non-hydrogen) atoms. The first-order valence-electron chi connectivity index (χ1n) is 6.25. The third-order valence-corrected chi connectivity index (χ3v) is 4.66. The van der Waals surface area contributed by atoms with Crippen LogP contribution in [0, 0.1) is 10.1 Å². The number of phenolic OH excluding ortho intramolecular Hbond substituents is 1. The highest BCUT2D eigenvalue weighted by molar-refractivity contribution is 7.95. The number of benzene rings is 2. The van der Waals surface area contributed by atoms with Crippen molar-refractivity contribution in [3.63, 3.8) is 0 Å². The second-order valence-corrected chi connectivity index (χ2v) is 8.23. The van der Waals surface area contributed by atoms with Crippen molar-refractivity contribution < 1.29 is 36.2 Å². The van der Waals surface area contributed by atoms with Gasteiger partial charge in [-0.15, -0.1) is 0 Å². The first-order valence-corrected chi connectivity index (χ1v) is 9.70. The molecule has 0 atom stereocenters. The molecule has 138 valence electrons. The second-order valence-electron chi connectivity index (χ2n) is 4.79. The predicted molar refractivity (Wildman–Crippen MR) is 85.5 cm³/mol. The number of nitro groups is 1. The maximum atomic E-state index is 10.9. The van der Waals surface area contributed by atoms with Crippen molar-refractivity contribution in [3.05, 3.63) is 40.4 Å². The van der Waals surface area contributed by atoms with Gasteiger partial charge >= 0.3 is 5.51 Å². The van der Waals surface area contributed by atoms with Gasteiger partial charge in [0.05, 0.1) is 10.3 Å². The molecule has 0 aliphatic rings. The molecule has 1 N–H and O–H groups in total. The van der Waals surface area contributed by atoms with E-state index in [-0.39, 0.29) is 22.3 Å². The third-order valence-electron chi connectivity index (χ3n) is 2.86. The third kappa shape index (κ3) is 5.21. The van der Waals surface area contributed by atoms with E-state index >= 15 is 0 Å². The van der Waals surface area contributed by atoms with Gasteiger partial charge in [-0.1, -0.05) is 0 Å². The summed E-state index contributed by atoms with van der Waals surface area (Å²) in [6.07, 6.45) is 4.09. The van der Waals surface area contributed by atoms with Crippen LogP contribution in [0.2, 0.25) is 0 Å². The molecule has 2 aromatic carbocycles. The summed E-state index contributed by atoms with van der Waals surface area (Å²) in [5, 5.41) is 21.8. The summed E-state index contributed by atoms with van der Waals surface area (Å²) in [6, 6.07) is 7.96. The fourth-order valence-corrected chi connectivity index (χ4v) is 2.76. The molecule has 0 unspecified atom stereocenters. The predicted octanol–water partition coefficient (Wildman–Crippen LogP) is 2.74. The highest BCUT2D eigenvalue weighted by Crippen LogP contribution is 2.33. The van der Waals surface area contributed by atoms with Gasteiger partial charge in [0.25, 0.3) is 5.69 Å². The molecule has 2 aromatic rings. The van der Waals surface area contributed by atoms with Crippen LogP contribution in [0.15, 0.2) is 35.2 Å². The topological polar surface area (TPSA) is 121 Å². The van der Waals surface area contributed by atoms with Crippen molar-refractivity contribution in [1.29, 1.82) is 0 Å². The van der Waals surface area contributed by atoms with Crippen molar-refractivity contribution in [1.82, 2.24) is 0 Å². The fourth-order valence-electron chi connectivity index (χ4n) is 1.81. The van der Waals surface area contributed by atoms with Crippen molar-refractivity contribution in [3.8, 4) is 5.75 Å². The normalized spacial score (nSPS) is 12.0. The van der Waals surface area contributed by atoms with Crippen molar-refractivity contribution >= 4 is 37.5 Å². The molecule has 0 heterocycles. The number of alkyl halides is 3. The van der Waals surface area contributed by atoms with Crippen LogP contribution in [-0.4, -0.2) is 41.0 Å². The van der Waals surface area contributed by atoms with Crippen molar-refractivity contribution in [2.75, 3.05) is 12.5 Å². The molecule has 0 aliphatic carbocycles. The standard InChI is InChI=1S/C12H11NO3S.CHF3O3S/c1-17(2)12-6-5-11(13(15)16)9-4-3-8(14)7-10(9)12;2-1(3,4)8(5,6)7/h3-7H,1-2H3;(H,5,6,7). The Hall–Kier alpha value is -2.05. The molecule has 0 fully saturated rings. The molecule has 0 aliphatic heterocycles. The zero-order valence-corrected chi connectivity index (χ0v) is 14.4. The monoisotopic (exact) mass is 399 g/mol. The van der Waals surface area contributed by atoms with Gasteiger partial charge in [0.1, 0.15) is 18.3 Å². The highest BCUT2D eigenvalue weighted by Gasteiger charge is 2.36. The Bertz CT molecular complexity index is 897. The Balaban J connectivity index is 0.000000333. The largest absolute Gasteiger partial charge is 0.741 e. The first kappa shape index (κ1) is 21.0. The summed E-state index contributed by atoms with van der Waals surface area (Å²) in [4.78, 5) is 11.6. The van der Waals surface area contributed by atoms with E-state index in [0.717, 1.165) is 10.3 Å². The van der Waals surface area contributed by atoms with Crippen LogP contribution in [0.3, 0.4) is 0 Å². The molecule has 0 saturated carbocycles. The zero-order chi connectivity index (χ0) is 19.6. The average molecular weight is 399 g/mol. The molecular weight excluding hydrogens is 387 g/mol. The smallest absolute Gasteiger partial charge is 0.485 e. The SMILES string of the molecule is C[S+](C)c1ccc([N+](=O)[O-])c2ccc(O)cc12.O=S(=O)([O-])C(F)(F)F. The van der Waals surface area contributed by atoms with Crippen LogP contribution in [0.25, 0.3) is 10.8 Å². The van der Waals surface area contributed by atoms with E-state index in [1.54, 1.807) is 18.2 Å².